The quantitative estimate of drug-likeness (QED) is 0.453. The number of benzene rings is 3. The average Bonchev–Trinajstić information content (AvgIpc) is 3.01. The highest BCUT2D eigenvalue weighted by molar-refractivity contribution is 6.46. The highest BCUT2D eigenvalue weighted by atomic mass is 16.2. The van der Waals surface area contributed by atoms with Crippen molar-refractivity contribution in [2.75, 3.05) is 10.2 Å². The monoisotopic (exact) mass is 452 g/mol. The molecule has 2 amide bonds. The molecule has 0 spiro atoms. The molecular formula is C30H32N2O2. The van der Waals surface area contributed by atoms with E-state index in [1.54, 1.807) is 0 Å². The Bertz CT molecular complexity index is 1320. The molecule has 174 valence electrons. The molecule has 4 heteroatoms. The number of nitrogens with one attached hydrogen (secondary N) is 1. The van der Waals surface area contributed by atoms with Gasteiger partial charge in [0.05, 0.1) is 11.3 Å². The van der Waals surface area contributed by atoms with E-state index in [1.807, 2.05) is 76.2 Å². The van der Waals surface area contributed by atoms with Crippen molar-refractivity contribution in [3.8, 4) is 0 Å². The van der Waals surface area contributed by atoms with Crippen LogP contribution in [0, 0.1) is 27.7 Å². The molecule has 34 heavy (non-hydrogen) atoms. The number of carbonyl (C=O) groups excluding carboxylic acids is 2. The Balaban J connectivity index is 1.83. The third-order valence-electron chi connectivity index (χ3n) is 6.51. The lowest BCUT2D eigenvalue weighted by molar-refractivity contribution is -0.120. The first-order valence-electron chi connectivity index (χ1n) is 11.6. The van der Waals surface area contributed by atoms with Gasteiger partial charge in [-0.25, -0.2) is 4.90 Å². The first-order valence-corrected chi connectivity index (χ1v) is 11.6. The Morgan fingerprint density at radius 1 is 0.706 bits per heavy atom. The number of aryl methyl sites for hydroxylation is 4. The second-order valence-electron chi connectivity index (χ2n) is 10.2. The van der Waals surface area contributed by atoms with E-state index in [4.69, 9.17) is 0 Å². The second-order valence-corrected chi connectivity index (χ2v) is 10.2. The van der Waals surface area contributed by atoms with Crippen LogP contribution in [0.25, 0.3) is 5.57 Å². The van der Waals surface area contributed by atoms with Crippen molar-refractivity contribution >= 4 is 28.8 Å². The normalized spacial score (nSPS) is 14.3. The highest BCUT2D eigenvalue weighted by Gasteiger charge is 2.41. The zero-order chi connectivity index (χ0) is 24.8. The van der Waals surface area contributed by atoms with Gasteiger partial charge >= 0.3 is 0 Å². The van der Waals surface area contributed by atoms with Crippen LogP contribution in [0.15, 0.2) is 66.4 Å². The molecule has 0 aromatic heterocycles. The Kier molecular flexibility index (Phi) is 5.94. The number of carbonyl (C=O) groups is 2. The molecule has 4 nitrogen and oxygen atoms in total. The van der Waals surface area contributed by atoms with Gasteiger partial charge in [-0.3, -0.25) is 9.59 Å². The summed E-state index contributed by atoms with van der Waals surface area (Å²) < 4.78 is 0. The van der Waals surface area contributed by atoms with E-state index < -0.39 is 0 Å². The summed E-state index contributed by atoms with van der Waals surface area (Å²) in [6, 6.07) is 19.7. The lowest BCUT2D eigenvalue weighted by atomic mass is 9.87. The van der Waals surface area contributed by atoms with Gasteiger partial charge in [-0.05, 0) is 84.7 Å². The molecule has 0 bridgehead atoms. The van der Waals surface area contributed by atoms with Crippen molar-refractivity contribution in [1.82, 2.24) is 0 Å². The molecule has 0 saturated carbocycles. The average molecular weight is 453 g/mol. The summed E-state index contributed by atoms with van der Waals surface area (Å²) >= 11 is 0. The van der Waals surface area contributed by atoms with Crippen LogP contribution < -0.4 is 10.2 Å². The van der Waals surface area contributed by atoms with E-state index in [0.717, 1.165) is 33.5 Å². The molecule has 3 aromatic carbocycles. The van der Waals surface area contributed by atoms with E-state index in [0.29, 0.717) is 17.0 Å². The summed E-state index contributed by atoms with van der Waals surface area (Å²) in [7, 11) is 0. The summed E-state index contributed by atoms with van der Waals surface area (Å²) in [6.45, 7) is 14.4. The third-order valence-corrected chi connectivity index (χ3v) is 6.51. The van der Waals surface area contributed by atoms with Crippen molar-refractivity contribution in [2.24, 2.45) is 0 Å². The van der Waals surface area contributed by atoms with Gasteiger partial charge in [0.15, 0.2) is 0 Å². The standard InChI is InChI=1S/C30H32N2O2/c1-18-8-9-20(3)25(16-18)32-28(33)26(22-11-10-19(2)21(4)17-22)27(29(32)34)31-24-14-12-23(13-15-24)30(5,6)7/h8-17,31H,1-7H3. The van der Waals surface area contributed by atoms with Crippen LogP contribution in [0.3, 0.4) is 0 Å². The van der Waals surface area contributed by atoms with Crippen LogP contribution >= 0.6 is 0 Å². The van der Waals surface area contributed by atoms with Gasteiger partial charge < -0.3 is 5.32 Å². The molecule has 3 aromatic rings. The van der Waals surface area contributed by atoms with Crippen LogP contribution in [-0.2, 0) is 15.0 Å². The molecule has 0 radical (unpaired) electrons. The topological polar surface area (TPSA) is 49.4 Å². The molecule has 1 aliphatic heterocycles. The fourth-order valence-electron chi connectivity index (χ4n) is 4.19. The van der Waals surface area contributed by atoms with Gasteiger partial charge in [-0.2, -0.15) is 0 Å². The molecule has 0 atom stereocenters. The van der Waals surface area contributed by atoms with E-state index in [2.05, 4.69) is 38.2 Å². The van der Waals surface area contributed by atoms with E-state index >= 15 is 0 Å². The number of hydrogen-bond acceptors (Lipinski definition) is 3. The first kappa shape index (κ1) is 23.5. The van der Waals surface area contributed by atoms with Gasteiger partial charge in [0.25, 0.3) is 11.8 Å². The minimum Gasteiger partial charge on any atom is -0.350 e. The molecule has 0 aliphatic carbocycles. The van der Waals surface area contributed by atoms with E-state index in [-0.39, 0.29) is 17.2 Å². The molecular weight excluding hydrogens is 420 g/mol. The lowest BCUT2D eigenvalue weighted by Gasteiger charge is -2.20. The smallest absolute Gasteiger partial charge is 0.282 e. The van der Waals surface area contributed by atoms with Crippen molar-refractivity contribution in [1.29, 1.82) is 0 Å². The predicted octanol–water partition coefficient (Wildman–Crippen LogP) is 6.61. The number of anilines is 2. The molecule has 1 heterocycles. The Hall–Kier alpha value is -3.66. The number of nitrogens with zero attached hydrogens (tertiary/aromatic N) is 1. The highest BCUT2D eigenvalue weighted by Crippen LogP contribution is 2.36. The minimum atomic E-state index is -0.341. The van der Waals surface area contributed by atoms with Crippen LogP contribution in [0.1, 0.15) is 54.2 Å². The molecule has 0 unspecified atom stereocenters. The van der Waals surface area contributed by atoms with Crippen LogP contribution in [-0.4, -0.2) is 11.8 Å². The van der Waals surface area contributed by atoms with E-state index in [9.17, 15) is 9.59 Å². The van der Waals surface area contributed by atoms with Crippen LogP contribution in [0.5, 0.6) is 0 Å². The van der Waals surface area contributed by atoms with Crippen LogP contribution in [0.4, 0.5) is 11.4 Å². The number of amides is 2. The molecule has 0 fully saturated rings. The predicted molar refractivity (Wildman–Crippen MR) is 140 cm³/mol. The van der Waals surface area contributed by atoms with Gasteiger partial charge in [0.1, 0.15) is 5.70 Å². The zero-order valence-electron chi connectivity index (χ0n) is 21.0. The summed E-state index contributed by atoms with van der Waals surface area (Å²) in [5.74, 6) is -0.650. The minimum absolute atomic E-state index is 0.0288. The van der Waals surface area contributed by atoms with Gasteiger partial charge in [0.2, 0.25) is 0 Å². The summed E-state index contributed by atoms with van der Waals surface area (Å²) in [4.78, 5) is 28.8. The number of rotatable bonds is 4. The summed E-state index contributed by atoms with van der Waals surface area (Å²) in [6.07, 6.45) is 0. The summed E-state index contributed by atoms with van der Waals surface area (Å²) in [5, 5.41) is 3.28. The first-order chi connectivity index (χ1) is 16.0. The number of imide groups is 1. The molecule has 4 rings (SSSR count). The Morgan fingerprint density at radius 3 is 1.97 bits per heavy atom. The molecule has 0 saturated heterocycles. The maximum atomic E-state index is 13.8. The maximum absolute atomic E-state index is 13.8. The SMILES string of the molecule is Cc1ccc(C)c(N2C(=O)C(Nc3ccc(C(C)(C)C)cc3)=C(c3ccc(C)c(C)c3)C2=O)c1. The maximum Gasteiger partial charge on any atom is 0.282 e. The number of hydrogen-bond donors (Lipinski definition) is 1. The lowest BCUT2D eigenvalue weighted by Crippen LogP contribution is -2.33. The van der Waals surface area contributed by atoms with Crippen molar-refractivity contribution in [3.05, 3.63) is 99.7 Å². The summed E-state index contributed by atoms with van der Waals surface area (Å²) in [5.41, 5.74) is 8.15. The van der Waals surface area contributed by atoms with Gasteiger partial charge in [0, 0.05) is 5.69 Å². The van der Waals surface area contributed by atoms with E-state index in [1.165, 1.54) is 10.5 Å². The Labute approximate surface area is 202 Å². The van der Waals surface area contributed by atoms with Gasteiger partial charge in [-0.15, -0.1) is 0 Å². The van der Waals surface area contributed by atoms with Crippen molar-refractivity contribution in [3.63, 3.8) is 0 Å². The zero-order valence-corrected chi connectivity index (χ0v) is 21.0. The fraction of sp³-hybridized carbons (Fsp3) is 0.267. The fourth-order valence-corrected chi connectivity index (χ4v) is 4.19. The Morgan fingerprint density at radius 2 is 1.35 bits per heavy atom. The van der Waals surface area contributed by atoms with Gasteiger partial charge in [-0.1, -0.05) is 63.2 Å². The third kappa shape index (κ3) is 4.28. The second kappa shape index (κ2) is 8.60. The van der Waals surface area contributed by atoms with Crippen LogP contribution in [0.2, 0.25) is 0 Å². The largest absolute Gasteiger partial charge is 0.350 e. The molecule has 1 N–H and O–H groups in total. The van der Waals surface area contributed by atoms with Crippen molar-refractivity contribution in [2.45, 2.75) is 53.9 Å². The molecule has 1 aliphatic rings. The van der Waals surface area contributed by atoms with Crippen molar-refractivity contribution < 1.29 is 9.59 Å².